The molecule has 2 aromatic rings. The first-order valence-corrected chi connectivity index (χ1v) is 8.16. The molecule has 0 amide bonds. The van der Waals surface area contributed by atoms with E-state index in [0.717, 1.165) is 36.4 Å². The van der Waals surface area contributed by atoms with Gasteiger partial charge in [-0.05, 0) is 11.6 Å². The van der Waals surface area contributed by atoms with Gasteiger partial charge < -0.3 is 4.90 Å². The number of nitrogens with zero attached hydrogens (tertiary/aromatic N) is 2. The van der Waals surface area contributed by atoms with E-state index in [1.165, 1.54) is 6.07 Å². The Labute approximate surface area is 131 Å². The van der Waals surface area contributed by atoms with Gasteiger partial charge in [0.05, 0.1) is 5.56 Å². The summed E-state index contributed by atoms with van der Waals surface area (Å²) in [5.74, 6) is 2.58. The molecule has 0 unspecified atom stereocenters. The van der Waals surface area contributed by atoms with Gasteiger partial charge in [-0.3, -0.25) is 0 Å². The van der Waals surface area contributed by atoms with E-state index in [4.69, 9.17) is 0 Å². The molecular formula is C16H15F3N2S. The Balaban J connectivity index is 2.09. The maximum atomic E-state index is 13.0. The van der Waals surface area contributed by atoms with Crippen LogP contribution in [0.15, 0.2) is 42.6 Å². The molecule has 0 atom stereocenters. The molecule has 0 aliphatic carbocycles. The van der Waals surface area contributed by atoms with E-state index in [2.05, 4.69) is 9.88 Å². The van der Waals surface area contributed by atoms with Crippen LogP contribution in [-0.2, 0) is 6.18 Å². The zero-order valence-electron chi connectivity index (χ0n) is 11.8. The Morgan fingerprint density at radius 3 is 2.36 bits per heavy atom. The van der Waals surface area contributed by atoms with Crippen LogP contribution in [0.1, 0.15) is 5.56 Å². The number of rotatable bonds is 2. The number of thioether (sulfide) groups is 1. The summed E-state index contributed by atoms with van der Waals surface area (Å²) >= 11 is 1.85. The van der Waals surface area contributed by atoms with Crippen molar-refractivity contribution in [2.45, 2.75) is 6.18 Å². The van der Waals surface area contributed by atoms with Gasteiger partial charge in [0.2, 0.25) is 0 Å². The minimum absolute atomic E-state index is 0.544. The predicted molar refractivity (Wildman–Crippen MR) is 84.2 cm³/mol. The Kier molecular flexibility index (Phi) is 4.29. The molecule has 3 rings (SSSR count). The molecule has 0 spiro atoms. The number of pyridine rings is 1. The Morgan fingerprint density at radius 2 is 1.73 bits per heavy atom. The second-order valence-electron chi connectivity index (χ2n) is 5.06. The highest BCUT2D eigenvalue weighted by atomic mass is 32.2. The minimum Gasteiger partial charge on any atom is -0.354 e. The van der Waals surface area contributed by atoms with Crippen LogP contribution >= 0.6 is 11.8 Å². The average molecular weight is 324 g/mol. The third-order valence-corrected chi connectivity index (χ3v) is 4.53. The summed E-state index contributed by atoms with van der Waals surface area (Å²) in [4.78, 5) is 6.21. The van der Waals surface area contributed by atoms with Crippen molar-refractivity contribution in [3.8, 4) is 11.1 Å². The molecule has 22 heavy (non-hydrogen) atoms. The zero-order chi connectivity index (χ0) is 15.6. The summed E-state index contributed by atoms with van der Waals surface area (Å²) in [6, 6.07) is 10.3. The van der Waals surface area contributed by atoms with Crippen LogP contribution in [0.3, 0.4) is 0 Å². The number of aromatic nitrogens is 1. The molecule has 0 N–H and O–H groups in total. The molecule has 1 aromatic heterocycles. The van der Waals surface area contributed by atoms with E-state index in [1.807, 2.05) is 42.1 Å². The van der Waals surface area contributed by atoms with Gasteiger partial charge >= 0.3 is 6.18 Å². The van der Waals surface area contributed by atoms with E-state index < -0.39 is 11.7 Å². The van der Waals surface area contributed by atoms with Crippen LogP contribution in [0.4, 0.5) is 19.0 Å². The number of alkyl halides is 3. The zero-order valence-corrected chi connectivity index (χ0v) is 12.6. The molecule has 1 aliphatic heterocycles. The second-order valence-corrected chi connectivity index (χ2v) is 6.28. The summed E-state index contributed by atoms with van der Waals surface area (Å²) in [7, 11) is 0. The Morgan fingerprint density at radius 1 is 1.05 bits per heavy atom. The van der Waals surface area contributed by atoms with Crippen LogP contribution in [-0.4, -0.2) is 29.6 Å². The summed E-state index contributed by atoms with van der Waals surface area (Å²) in [6.45, 7) is 1.62. The predicted octanol–water partition coefficient (Wildman–Crippen LogP) is 4.32. The minimum atomic E-state index is -4.38. The van der Waals surface area contributed by atoms with Crippen LogP contribution in [0.2, 0.25) is 0 Å². The van der Waals surface area contributed by atoms with Gasteiger partial charge in [0.25, 0.3) is 0 Å². The fourth-order valence-corrected chi connectivity index (χ4v) is 3.37. The van der Waals surface area contributed by atoms with Gasteiger partial charge in [-0.15, -0.1) is 0 Å². The molecule has 116 valence electrons. The van der Waals surface area contributed by atoms with Crippen LogP contribution in [0.25, 0.3) is 11.1 Å². The number of anilines is 1. The van der Waals surface area contributed by atoms with Gasteiger partial charge in [0, 0.05) is 36.4 Å². The van der Waals surface area contributed by atoms with Crippen LogP contribution in [0.5, 0.6) is 0 Å². The first kappa shape index (κ1) is 15.2. The summed E-state index contributed by atoms with van der Waals surface area (Å²) in [6.07, 6.45) is -3.45. The molecule has 1 aromatic carbocycles. The monoisotopic (exact) mass is 324 g/mol. The van der Waals surface area contributed by atoms with E-state index in [-0.39, 0.29) is 0 Å². The quantitative estimate of drug-likeness (QED) is 0.818. The maximum absolute atomic E-state index is 13.0. The van der Waals surface area contributed by atoms with Crippen LogP contribution < -0.4 is 4.90 Å². The number of halogens is 3. The number of benzene rings is 1. The SMILES string of the molecule is FC(F)(F)c1cnc(N2CCSCC2)c(-c2ccccc2)c1. The van der Waals surface area contributed by atoms with Crippen molar-refractivity contribution < 1.29 is 13.2 Å². The third-order valence-electron chi connectivity index (χ3n) is 3.59. The van der Waals surface area contributed by atoms with Crippen molar-refractivity contribution in [1.29, 1.82) is 0 Å². The topological polar surface area (TPSA) is 16.1 Å². The fourth-order valence-electron chi connectivity index (χ4n) is 2.47. The van der Waals surface area contributed by atoms with E-state index in [0.29, 0.717) is 11.4 Å². The van der Waals surface area contributed by atoms with Crippen LogP contribution in [0, 0.1) is 0 Å². The van der Waals surface area contributed by atoms with Gasteiger partial charge in [-0.2, -0.15) is 24.9 Å². The number of hydrogen-bond donors (Lipinski definition) is 0. The van der Waals surface area contributed by atoms with Crippen molar-refractivity contribution in [3.05, 3.63) is 48.2 Å². The largest absolute Gasteiger partial charge is 0.417 e. The molecular weight excluding hydrogens is 309 g/mol. The second kappa shape index (κ2) is 6.20. The third kappa shape index (κ3) is 3.21. The molecule has 0 bridgehead atoms. The van der Waals surface area contributed by atoms with Crippen molar-refractivity contribution >= 4 is 17.6 Å². The lowest BCUT2D eigenvalue weighted by molar-refractivity contribution is -0.137. The average Bonchev–Trinajstić information content (AvgIpc) is 2.55. The lowest BCUT2D eigenvalue weighted by Gasteiger charge is -2.29. The smallest absolute Gasteiger partial charge is 0.354 e. The summed E-state index contributed by atoms with van der Waals surface area (Å²) < 4.78 is 39.0. The number of hydrogen-bond acceptors (Lipinski definition) is 3. The molecule has 2 nitrogen and oxygen atoms in total. The first-order chi connectivity index (χ1) is 10.6. The normalized spacial score (nSPS) is 15.9. The summed E-state index contributed by atoms with van der Waals surface area (Å²) in [5.41, 5.74) is 0.595. The fraction of sp³-hybridized carbons (Fsp3) is 0.312. The lowest BCUT2D eigenvalue weighted by Crippen LogP contribution is -2.33. The molecule has 0 saturated carbocycles. The van der Waals surface area contributed by atoms with Crippen molar-refractivity contribution in [2.24, 2.45) is 0 Å². The molecule has 1 fully saturated rings. The molecule has 0 radical (unpaired) electrons. The Bertz CT molecular complexity index is 638. The Hall–Kier alpha value is -1.69. The lowest BCUT2D eigenvalue weighted by atomic mass is 10.0. The molecule has 1 saturated heterocycles. The first-order valence-electron chi connectivity index (χ1n) is 7.01. The molecule has 6 heteroatoms. The molecule has 2 heterocycles. The standard InChI is InChI=1S/C16H15F3N2S/c17-16(18,19)13-10-14(12-4-2-1-3-5-12)15(20-11-13)21-6-8-22-9-7-21/h1-5,10-11H,6-9H2. The van der Waals surface area contributed by atoms with E-state index in [1.54, 1.807) is 0 Å². The van der Waals surface area contributed by atoms with Crippen molar-refractivity contribution in [3.63, 3.8) is 0 Å². The van der Waals surface area contributed by atoms with Gasteiger partial charge in [0.15, 0.2) is 0 Å². The van der Waals surface area contributed by atoms with Crippen molar-refractivity contribution in [2.75, 3.05) is 29.5 Å². The van der Waals surface area contributed by atoms with E-state index >= 15 is 0 Å². The summed E-state index contributed by atoms with van der Waals surface area (Å²) in [5, 5.41) is 0. The molecule has 1 aliphatic rings. The highest BCUT2D eigenvalue weighted by Gasteiger charge is 2.32. The van der Waals surface area contributed by atoms with Gasteiger partial charge in [0.1, 0.15) is 5.82 Å². The van der Waals surface area contributed by atoms with Crippen molar-refractivity contribution in [1.82, 2.24) is 4.98 Å². The maximum Gasteiger partial charge on any atom is 0.417 e. The van der Waals surface area contributed by atoms with Gasteiger partial charge in [-0.25, -0.2) is 4.98 Å². The van der Waals surface area contributed by atoms with E-state index in [9.17, 15) is 13.2 Å². The van der Waals surface area contributed by atoms with Gasteiger partial charge in [-0.1, -0.05) is 30.3 Å². The highest BCUT2D eigenvalue weighted by Crippen LogP contribution is 2.36. The highest BCUT2D eigenvalue weighted by molar-refractivity contribution is 7.99.